The summed E-state index contributed by atoms with van der Waals surface area (Å²) in [4.78, 5) is 17.3. The zero-order valence-electron chi connectivity index (χ0n) is 15.8. The molecule has 2 fully saturated rings. The lowest BCUT2D eigenvalue weighted by atomic mass is 9.92. The standard InChI is InChI=1S/C22H25ClN2O3/c23-20-5-6-21(24-22(20)26)19(15-16-7-11-27-12-8-16)17-1-3-18(4-2-17)25-9-13-28-14-10-25/h1-6,15-16H,7-14H2,(H,24,26)/b19-15-. The van der Waals surface area contributed by atoms with E-state index >= 15 is 0 Å². The van der Waals surface area contributed by atoms with Crippen LogP contribution in [0.3, 0.4) is 0 Å². The highest BCUT2D eigenvalue weighted by Gasteiger charge is 2.16. The molecular formula is C22H25ClN2O3. The van der Waals surface area contributed by atoms with Crippen molar-refractivity contribution in [3.05, 3.63) is 69.1 Å². The van der Waals surface area contributed by atoms with E-state index in [1.165, 1.54) is 5.69 Å². The average molecular weight is 401 g/mol. The fourth-order valence-corrected chi connectivity index (χ4v) is 3.86. The summed E-state index contributed by atoms with van der Waals surface area (Å²) < 4.78 is 10.9. The maximum atomic E-state index is 12.1. The number of pyridine rings is 1. The van der Waals surface area contributed by atoms with Crippen LogP contribution in [0.4, 0.5) is 5.69 Å². The first-order chi connectivity index (χ1) is 13.7. The Morgan fingerprint density at radius 1 is 1.00 bits per heavy atom. The molecule has 0 amide bonds. The van der Waals surface area contributed by atoms with Crippen LogP contribution in [0.2, 0.25) is 5.02 Å². The monoisotopic (exact) mass is 400 g/mol. The van der Waals surface area contributed by atoms with Crippen molar-refractivity contribution in [2.24, 2.45) is 5.92 Å². The van der Waals surface area contributed by atoms with Gasteiger partial charge in [-0.25, -0.2) is 0 Å². The van der Waals surface area contributed by atoms with Crippen molar-refractivity contribution in [1.29, 1.82) is 0 Å². The molecule has 1 aromatic carbocycles. The van der Waals surface area contributed by atoms with E-state index in [1.54, 1.807) is 6.07 Å². The molecule has 2 aromatic rings. The molecule has 0 bridgehead atoms. The second-order valence-corrected chi connectivity index (χ2v) is 7.63. The molecule has 0 unspecified atom stereocenters. The predicted molar refractivity (Wildman–Crippen MR) is 112 cm³/mol. The quantitative estimate of drug-likeness (QED) is 0.849. The predicted octanol–water partition coefficient (Wildman–Crippen LogP) is 3.72. The Kier molecular flexibility index (Phi) is 6.15. The Labute approximate surface area is 169 Å². The molecule has 3 heterocycles. The van der Waals surface area contributed by atoms with Gasteiger partial charge < -0.3 is 19.4 Å². The van der Waals surface area contributed by atoms with Crippen molar-refractivity contribution < 1.29 is 9.47 Å². The first-order valence-electron chi connectivity index (χ1n) is 9.82. The van der Waals surface area contributed by atoms with Crippen LogP contribution >= 0.6 is 11.6 Å². The lowest BCUT2D eigenvalue weighted by Crippen LogP contribution is -2.36. The van der Waals surface area contributed by atoms with E-state index in [9.17, 15) is 4.79 Å². The lowest BCUT2D eigenvalue weighted by molar-refractivity contribution is 0.0786. The van der Waals surface area contributed by atoms with Crippen LogP contribution in [0.15, 0.2) is 47.3 Å². The number of hydrogen-bond donors (Lipinski definition) is 1. The molecule has 2 aliphatic heterocycles. The smallest absolute Gasteiger partial charge is 0.267 e. The van der Waals surface area contributed by atoms with Gasteiger partial charge in [0.15, 0.2) is 0 Å². The minimum atomic E-state index is -0.262. The minimum absolute atomic E-state index is 0.205. The third-order valence-electron chi connectivity index (χ3n) is 5.37. The van der Waals surface area contributed by atoms with Gasteiger partial charge in [-0.2, -0.15) is 0 Å². The first-order valence-corrected chi connectivity index (χ1v) is 10.2. The summed E-state index contributed by atoms with van der Waals surface area (Å²) in [5.41, 5.74) is 3.85. The molecule has 2 saturated heterocycles. The van der Waals surface area contributed by atoms with Gasteiger partial charge in [0.05, 0.1) is 13.2 Å². The molecule has 0 radical (unpaired) electrons. The van der Waals surface area contributed by atoms with Crippen molar-refractivity contribution >= 4 is 22.9 Å². The number of rotatable bonds is 4. The van der Waals surface area contributed by atoms with Gasteiger partial charge in [0.2, 0.25) is 0 Å². The summed E-state index contributed by atoms with van der Waals surface area (Å²) in [6.07, 6.45) is 4.26. The Morgan fingerprint density at radius 3 is 2.36 bits per heavy atom. The van der Waals surface area contributed by atoms with Crippen LogP contribution in [0.1, 0.15) is 24.1 Å². The maximum absolute atomic E-state index is 12.1. The number of nitrogens with zero attached hydrogens (tertiary/aromatic N) is 1. The van der Waals surface area contributed by atoms with E-state index in [-0.39, 0.29) is 10.6 Å². The molecule has 0 aliphatic carbocycles. The number of H-pyrrole nitrogens is 1. The summed E-state index contributed by atoms with van der Waals surface area (Å²) in [7, 11) is 0. The van der Waals surface area contributed by atoms with Crippen LogP contribution in [0, 0.1) is 5.92 Å². The van der Waals surface area contributed by atoms with Gasteiger partial charge in [-0.3, -0.25) is 4.79 Å². The number of halogens is 1. The van der Waals surface area contributed by atoms with Gasteiger partial charge in [0.1, 0.15) is 5.02 Å². The van der Waals surface area contributed by atoms with Crippen molar-refractivity contribution in [3.63, 3.8) is 0 Å². The third kappa shape index (κ3) is 4.49. The number of morpholine rings is 1. The van der Waals surface area contributed by atoms with Crippen LogP contribution < -0.4 is 10.5 Å². The molecule has 2 aliphatic rings. The Balaban J connectivity index is 1.67. The van der Waals surface area contributed by atoms with Crippen LogP contribution in [0.5, 0.6) is 0 Å². The van der Waals surface area contributed by atoms with Crippen LogP contribution in [-0.2, 0) is 9.47 Å². The fraction of sp³-hybridized carbons (Fsp3) is 0.409. The Morgan fingerprint density at radius 2 is 1.68 bits per heavy atom. The van der Waals surface area contributed by atoms with Gasteiger partial charge in [-0.15, -0.1) is 0 Å². The topological polar surface area (TPSA) is 54.6 Å². The van der Waals surface area contributed by atoms with Crippen molar-refractivity contribution in [1.82, 2.24) is 4.98 Å². The molecule has 1 N–H and O–H groups in total. The lowest BCUT2D eigenvalue weighted by Gasteiger charge is -2.29. The highest BCUT2D eigenvalue weighted by molar-refractivity contribution is 6.30. The van der Waals surface area contributed by atoms with Crippen molar-refractivity contribution in [2.45, 2.75) is 12.8 Å². The molecule has 0 spiro atoms. The molecular weight excluding hydrogens is 376 g/mol. The fourth-order valence-electron chi connectivity index (χ4n) is 3.75. The van der Waals surface area contributed by atoms with E-state index < -0.39 is 0 Å². The number of aromatic nitrogens is 1. The van der Waals surface area contributed by atoms with E-state index in [2.05, 4.69) is 40.2 Å². The number of aromatic amines is 1. The number of anilines is 1. The SMILES string of the molecule is O=c1[nH]c(/C(=C\C2CCOCC2)c2ccc(N3CCOCC3)cc2)ccc1Cl. The minimum Gasteiger partial charge on any atom is -0.381 e. The summed E-state index contributed by atoms with van der Waals surface area (Å²) in [6.45, 7) is 4.91. The normalized spacial score (nSPS) is 19.0. The van der Waals surface area contributed by atoms with Crippen molar-refractivity contribution in [2.75, 3.05) is 44.4 Å². The summed E-state index contributed by atoms with van der Waals surface area (Å²) >= 11 is 5.93. The molecule has 0 atom stereocenters. The van der Waals surface area contributed by atoms with Crippen molar-refractivity contribution in [3.8, 4) is 0 Å². The Bertz CT molecular complexity index is 879. The molecule has 0 saturated carbocycles. The van der Waals surface area contributed by atoms with Gasteiger partial charge >= 0.3 is 0 Å². The number of nitrogens with one attached hydrogen (secondary N) is 1. The average Bonchev–Trinajstić information content (AvgIpc) is 2.76. The third-order valence-corrected chi connectivity index (χ3v) is 5.67. The van der Waals surface area contributed by atoms with Crippen LogP contribution in [-0.4, -0.2) is 44.5 Å². The maximum Gasteiger partial charge on any atom is 0.267 e. The van der Waals surface area contributed by atoms with E-state index in [4.69, 9.17) is 21.1 Å². The number of ether oxygens (including phenoxy) is 2. The molecule has 4 rings (SSSR count). The number of allylic oxidation sites excluding steroid dienone is 1. The first kappa shape index (κ1) is 19.2. The highest BCUT2D eigenvalue weighted by atomic mass is 35.5. The summed E-state index contributed by atoms with van der Waals surface area (Å²) in [5, 5.41) is 0.205. The second kappa shape index (κ2) is 8.95. The molecule has 5 nitrogen and oxygen atoms in total. The van der Waals surface area contributed by atoms with Gasteiger partial charge in [0, 0.05) is 43.3 Å². The highest BCUT2D eigenvalue weighted by Crippen LogP contribution is 2.29. The van der Waals surface area contributed by atoms with E-state index in [0.29, 0.717) is 5.92 Å². The zero-order chi connectivity index (χ0) is 19.3. The molecule has 28 heavy (non-hydrogen) atoms. The van der Waals surface area contributed by atoms with Gasteiger partial charge in [-0.05, 0) is 48.6 Å². The number of hydrogen-bond acceptors (Lipinski definition) is 4. The van der Waals surface area contributed by atoms with E-state index in [0.717, 1.165) is 69.2 Å². The van der Waals surface area contributed by atoms with Crippen LogP contribution in [0.25, 0.3) is 5.57 Å². The van der Waals surface area contributed by atoms with Gasteiger partial charge in [-0.1, -0.05) is 29.8 Å². The summed E-state index contributed by atoms with van der Waals surface area (Å²) in [5.74, 6) is 0.432. The second-order valence-electron chi connectivity index (χ2n) is 7.23. The van der Waals surface area contributed by atoms with Gasteiger partial charge in [0.25, 0.3) is 5.56 Å². The number of benzene rings is 1. The Hall–Kier alpha value is -2.08. The summed E-state index contributed by atoms with van der Waals surface area (Å²) in [6, 6.07) is 12.1. The molecule has 1 aromatic heterocycles. The largest absolute Gasteiger partial charge is 0.381 e. The van der Waals surface area contributed by atoms with E-state index in [1.807, 2.05) is 6.07 Å². The molecule has 6 heteroatoms. The zero-order valence-corrected chi connectivity index (χ0v) is 16.6. The molecule has 148 valence electrons.